The molecule has 0 N–H and O–H groups in total. The van der Waals surface area contributed by atoms with Gasteiger partial charge in [0.15, 0.2) is 5.43 Å². The summed E-state index contributed by atoms with van der Waals surface area (Å²) in [5.74, 6) is 1.13. The molecule has 0 aliphatic carbocycles. The SMILES string of the molecule is CCCOc1c2ccoc2cc2oc(C)cc(=O)c12. The van der Waals surface area contributed by atoms with Crippen molar-refractivity contribution in [2.24, 2.45) is 0 Å². The summed E-state index contributed by atoms with van der Waals surface area (Å²) in [6.07, 6.45) is 2.45. The van der Waals surface area contributed by atoms with Gasteiger partial charge in [0.1, 0.15) is 28.1 Å². The van der Waals surface area contributed by atoms with Crippen molar-refractivity contribution in [3.8, 4) is 5.75 Å². The number of benzene rings is 1. The molecule has 2 aromatic heterocycles. The molecule has 4 nitrogen and oxygen atoms in total. The first-order valence-corrected chi connectivity index (χ1v) is 6.28. The number of rotatable bonds is 3. The van der Waals surface area contributed by atoms with E-state index in [1.54, 1.807) is 25.3 Å². The van der Waals surface area contributed by atoms with Crippen LogP contribution < -0.4 is 10.2 Å². The molecular weight excluding hydrogens is 244 g/mol. The molecule has 0 amide bonds. The van der Waals surface area contributed by atoms with E-state index in [0.29, 0.717) is 34.7 Å². The number of ether oxygens (including phenoxy) is 1. The topological polar surface area (TPSA) is 52.6 Å². The van der Waals surface area contributed by atoms with E-state index in [2.05, 4.69) is 0 Å². The Bertz CT molecular complexity index is 795. The Morgan fingerprint density at radius 3 is 2.89 bits per heavy atom. The molecule has 4 heteroatoms. The van der Waals surface area contributed by atoms with Crippen molar-refractivity contribution in [1.29, 1.82) is 0 Å². The molecule has 19 heavy (non-hydrogen) atoms. The van der Waals surface area contributed by atoms with Gasteiger partial charge in [-0.2, -0.15) is 0 Å². The molecule has 0 radical (unpaired) electrons. The summed E-state index contributed by atoms with van der Waals surface area (Å²) in [7, 11) is 0. The molecular formula is C15H14O4. The van der Waals surface area contributed by atoms with Crippen molar-refractivity contribution in [3.63, 3.8) is 0 Å². The van der Waals surface area contributed by atoms with Crippen molar-refractivity contribution in [3.05, 3.63) is 40.4 Å². The van der Waals surface area contributed by atoms with E-state index < -0.39 is 0 Å². The minimum atomic E-state index is -0.0899. The second kappa shape index (κ2) is 4.46. The summed E-state index contributed by atoms with van der Waals surface area (Å²) in [5, 5.41) is 1.28. The Labute approximate surface area is 109 Å². The highest BCUT2D eigenvalue weighted by Gasteiger charge is 2.15. The maximum atomic E-state index is 12.2. The third-order valence-corrected chi connectivity index (χ3v) is 2.98. The molecule has 0 atom stereocenters. The molecule has 0 spiro atoms. The number of hydrogen-bond donors (Lipinski definition) is 0. The van der Waals surface area contributed by atoms with Gasteiger partial charge >= 0.3 is 0 Å². The normalized spacial score (nSPS) is 11.3. The highest BCUT2D eigenvalue weighted by Crippen LogP contribution is 2.34. The molecule has 0 aliphatic rings. The van der Waals surface area contributed by atoms with Crippen molar-refractivity contribution in [2.45, 2.75) is 20.3 Å². The van der Waals surface area contributed by atoms with Crippen LogP contribution in [0.1, 0.15) is 19.1 Å². The highest BCUT2D eigenvalue weighted by atomic mass is 16.5. The van der Waals surface area contributed by atoms with E-state index in [1.165, 1.54) is 6.07 Å². The van der Waals surface area contributed by atoms with Crippen LogP contribution in [-0.4, -0.2) is 6.61 Å². The van der Waals surface area contributed by atoms with E-state index in [-0.39, 0.29) is 5.43 Å². The molecule has 0 saturated heterocycles. The number of furan rings is 1. The van der Waals surface area contributed by atoms with Crippen LogP contribution in [0.25, 0.3) is 21.9 Å². The molecule has 98 valence electrons. The fourth-order valence-electron chi connectivity index (χ4n) is 2.19. The van der Waals surface area contributed by atoms with E-state index in [4.69, 9.17) is 13.6 Å². The van der Waals surface area contributed by atoms with Crippen LogP contribution in [0.15, 0.2) is 38.1 Å². The zero-order valence-corrected chi connectivity index (χ0v) is 10.9. The van der Waals surface area contributed by atoms with Gasteiger partial charge in [-0.3, -0.25) is 4.79 Å². The minimum Gasteiger partial charge on any atom is -0.492 e. The Kier molecular flexibility index (Phi) is 2.78. The summed E-state index contributed by atoms with van der Waals surface area (Å²) in [6, 6.07) is 5.02. The third-order valence-electron chi connectivity index (χ3n) is 2.98. The third kappa shape index (κ3) is 1.89. The van der Waals surface area contributed by atoms with Crippen LogP contribution in [0.4, 0.5) is 0 Å². The smallest absolute Gasteiger partial charge is 0.196 e. The van der Waals surface area contributed by atoms with Gasteiger partial charge in [-0.1, -0.05) is 6.92 Å². The highest BCUT2D eigenvalue weighted by molar-refractivity contribution is 6.01. The lowest BCUT2D eigenvalue weighted by Crippen LogP contribution is -2.05. The second-order valence-corrected chi connectivity index (χ2v) is 4.48. The van der Waals surface area contributed by atoms with Crippen molar-refractivity contribution in [2.75, 3.05) is 6.61 Å². The summed E-state index contributed by atoms with van der Waals surface area (Å²) >= 11 is 0. The van der Waals surface area contributed by atoms with Gasteiger partial charge in [-0.05, 0) is 19.4 Å². The first kappa shape index (κ1) is 11.8. The van der Waals surface area contributed by atoms with Crippen LogP contribution in [0.2, 0.25) is 0 Å². The molecule has 0 saturated carbocycles. The van der Waals surface area contributed by atoms with Gasteiger partial charge in [0, 0.05) is 12.1 Å². The molecule has 3 aromatic rings. The average molecular weight is 258 g/mol. The summed E-state index contributed by atoms with van der Waals surface area (Å²) in [6.45, 7) is 4.32. The Morgan fingerprint density at radius 2 is 2.11 bits per heavy atom. The minimum absolute atomic E-state index is 0.0899. The average Bonchev–Trinajstić information content (AvgIpc) is 2.82. The molecule has 0 aliphatic heterocycles. The predicted octanol–water partition coefficient (Wildman–Crippen LogP) is 3.64. The fraction of sp³-hybridized carbons (Fsp3) is 0.267. The van der Waals surface area contributed by atoms with Gasteiger partial charge < -0.3 is 13.6 Å². The molecule has 0 bridgehead atoms. The maximum absolute atomic E-state index is 12.2. The quantitative estimate of drug-likeness (QED) is 0.719. The van der Waals surface area contributed by atoms with Crippen LogP contribution in [0, 0.1) is 6.92 Å². The standard InChI is InChI=1S/C15H14O4/c1-3-5-18-15-10-4-6-17-12(10)8-13-14(15)11(16)7-9(2)19-13/h4,6-8H,3,5H2,1-2H3. The number of hydrogen-bond acceptors (Lipinski definition) is 4. The van der Waals surface area contributed by atoms with Crippen molar-refractivity contribution in [1.82, 2.24) is 0 Å². The number of fused-ring (bicyclic) bond motifs is 2. The summed E-state index contributed by atoms with van der Waals surface area (Å²) in [5.41, 5.74) is 1.07. The largest absolute Gasteiger partial charge is 0.492 e. The lowest BCUT2D eigenvalue weighted by molar-refractivity contribution is 0.324. The lowest BCUT2D eigenvalue weighted by atomic mass is 10.1. The molecule has 0 unspecified atom stereocenters. The van der Waals surface area contributed by atoms with Gasteiger partial charge in [0.2, 0.25) is 0 Å². The first-order chi connectivity index (χ1) is 9.20. The lowest BCUT2D eigenvalue weighted by Gasteiger charge is -2.09. The van der Waals surface area contributed by atoms with E-state index in [1.807, 2.05) is 6.92 Å². The van der Waals surface area contributed by atoms with Crippen LogP contribution in [0.3, 0.4) is 0 Å². The van der Waals surface area contributed by atoms with Gasteiger partial charge in [-0.25, -0.2) is 0 Å². The maximum Gasteiger partial charge on any atom is 0.196 e. The van der Waals surface area contributed by atoms with Gasteiger partial charge in [0.25, 0.3) is 0 Å². The summed E-state index contributed by atoms with van der Waals surface area (Å²) in [4.78, 5) is 12.2. The van der Waals surface area contributed by atoms with Crippen molar-refractivity contribution < 1.29 is 13.6 Å². The monoisotopic (exact) mass is 258 g/mol. The van der Waals surface area contributed by atoms with Crippen LogP contribution in [-0.2, 0) is 0 Å². The van der Waals surface area contributed by atoms with E-state index >= 15 is 0 Å². The van der Waals surface area contributed by atoms with Crippen LogP contribution >= 0.6 is 0 Å². The number of aryl methyl sites for hydroxylation is 1. The van der Waals surface area contributed by atoms with E-state index in [0.717, 1.165) is 11.8 Å². The van der Waals surface area contributed by atoms with Gasteiger partial charge in [-0.15, -0.1) is 0 Å². The zero-order valence-electron chi connectivity index (χ0n) is 10.9. The molecule has 1 aromatic carbocycles. The second-order valence-electron chi connectivity index (χ2n) is 4.48. The van der Waals surface area contributed by atoms with E-state index in [9.17, 15) is 4.79 Å². The zero-order chi connectivity index (χ0) is 13.4. The predicted molar refractivity (Wildman–Crippen MR) is 72.8 cm³/mol. The molecule has 2 heterocycles. The van der Waals surface area contributed by atoms with Gasteiger partial charge in [0.05, 0.1) is 18.3 Å². The Balaban J connectivity index is 2.42. The van der Waals surface area contributed by atoms with Crippen molar-refractivity contribution >= 4 is 21.9 Å². The van der Waals surface area contributed by atoms with Crippen LogP contribution in [0.5, 0.6) is 5.75 Å². The first-order valence-electron chi connectivity index (χ1n) is 6.28. The molecule has 3 rings (SSSR count). The Morgan fingerprint density at radius 1 is 1.26 bits per heavy atom. The Hall–Kier alpha value is -2.23. The molecule has 0 fully saturated rings. The fourth-order valence-corrected chi connectivity index (χ4v) is 2.19. The summed E-state index contributed by atoms with van der Waals surface area (Å²) < 4.78 is 16.7.